The van der Waals surface area contributed by atoms with E-state index in [0.29, 0.717) is 11.3 Å². The summed E-state index contributed by atoms with van der Waals surface area (Å²) in [5.41, 5.74) is 1.46. The van der Waals surface area contributed by atoms with Crippen molar-refractivity contribution in [2.75, 3.05) is 6.61 Å². The molecule has 20 heavy (non-hydrogen) atoms. The van der Waals surface area contributed by atoms with Gasteiger partial charge in [0.05, 0.1) is 5.92 Å². The lowest BCUT2D eigenvalue weighted by atomic mass is 9.86. The number of carbonyl (C=O) groups is 2. The van der Waals surface area contributed by atoms with Crippen LogP contribution < -0.4 is 4.74 Å². The Kier molecular flexibility index (Phi) is 3.33. The summed E-state index contributed by atoms with van der Waals surface area (Å²) in [6.07, 6.45) is 0.198. The van der Waals surface area contributed by atoms with Gasteiger partial charge in [0.2, 0.25) is 0 Å². The molecule has 2 aromatic carbocycles. The van der Waals surface area contributed by atoms with Crippen LogP contribution in [0.3, 0.4) is 0 Å². The Morgan fingerprint density at radius 1 is 1.05 bits per heavy atom. The zero-order valence-electron chi connectivity index (χ0n) is 10.9. The second-order valence-corrected chi connectivity index (χ2v) is 4.84. The molecule has 3 heteroatoms. The van der Waals surface area contributed by atoms with E-state index in [1.54, 1.807) is 12.1 Å². The first kappa shape index (κ1) is 12.6. The minimum Gasteiger partial charge on any atom is -0.486 e. The summed E-state index contributed by atoms with van der Waals surface area (Å²) in [6.45, 7) is 0.0454. The molecule has 100 valence electrons. The van der Waals surface area contributed by atoms with Crippen molar-refractivity contribution in [1.29, 1.82) is 0 Å². The Balaban J connectivity index is 1.87. The second-order valence-electron chi connectivity index (χ2n) is 4.84. The minimum atomic E-state index is -0.396. The zero-order chi connectivity index (χ0) is 13.9. The molecule has 2 aromatic rings. The molecule has 3 rings (SSSR count). The van der Waals surface area contributed by atoms with Crippen LogP contribution in [0.2, 0.25) is 0 Å². The minimum absolute atomic E-state index is 0.0133. The molecule has 1 atom stereocenters. The van der Waals surface area contributed by atoms with Gasteiger partial charge in [-0.25, -0.2) is 0 Å². The predicted molar refractivity (Wildman–Crippen MR) is 75.1 cm³/mol. The number of carbonyl (C=O) groups excluding carboxylic acids is 2. The first-order valence-electron chi connectivity index (χ1n) is 6.58. The fourth-order valence-corrected chi connectivity index (χ4v) is 2.47. The number of hydrogen-bond donors (Lipinski definition) is 0. The highest BCUT2D eigenvalue weighted by molar-refractivity contribution is 6.01. The molecule has 1 aliphatic rings. The van der Waals surface area contributed by atoms with E-state index >= 15 is 0 Å². The fraction of sp³-hybridized carbons (Fsp3) is 0.176. The van der Waals surface area contributed by atoms with Crippen molar-refractivity contribution in [3.63, 3.8) is 0 Å². The monoisotopic (exact) mass is 266 g/mol. The Labute approximate surface area is 117 Å². The van der Waals surface area contributed by atoms with E-state index in [-0.39, 0.29) is 24.6 Å². The van der Waals surface area contributed by atoms with Gasteiger partial charge >= 0.3 is 0 Å². The third-order valence-corrected chi connectivity index (χ3v) is 3.54. The maximum Gasteiger partial charge on any atom is 0.178 e. The van der Waals surface area contributed by atoms with Crippen molar-refractivity contribution in [3.8, 4) is 5.75 Å². The number of benzene rings is 2. The average molecular weight is 266 g/mol. The molecule has 3 nitrogen and oxygen atoms in total. The summed E-state index contributed by atoms with van der Waals surface area (Å²) in [6, 6.07) is 16.5. The first-order valence-corrected chi connectivity index (χ1v) is 6.58. The van der Waals surface area contributed by atoms with E-state index in [2.05, 4.69) is 0 Å². The average Bonchev–Trinajstić information content (AvgIpc) is 2.51. The van der Waals surface area contributed by atoms with E-state index in [4.69, 9.17) is 4.74 Å². The largest absolute Gasteiger partial charge is 0.486 e. The maximum atomic E-state index is 12.3. The van der Waals surface area contributed by atoms with Crippen LogP contribution in [-0.4, -0.2) is 18.2 Å². The summed E-state index contributed by atoms with van der Waals surface area (Å²) in [7, 11) is 0. The molecule has 1 aliphatic heterocycles. The summed E-state index contributed by atoms with van der Waals surface area (Å²) in [4.78, 5) is 24.3. The lowest BCUT2D eigenvalue weighted by Gasteiger charge is -2.24. The molecule has 0 aromatic heterocycles. The van der Waals surface area contributed by atoms with Gasteiger partial charge in [-0.05, 0) is 6.07 Å². The highest BCUT2D eigenvalue weighted by atomic mass is 16.5. The van der Waals surface area contributed by atoms with Gasteiger partial charge in [0.15, 0.2) is 11.6 Å². The first-order chi connectivity index (χ1) is 9.75. The zero-order valence-corrected chi connectivity index (χ0v) is 10.9. The smallest absolute Gasteiger partial charge is 0.178 e. The number of ether oxygens (including phenoxy) is 1. The lowest BCUT2D eigenvalue weighted by molar-refractivity contribution is -0.123. The summed E-state index contributed by atoms with van der Waals surface area (Å²) >= 11 is 0. The van der Waals surface area contributed by atoms with Gasteiger partial charge in [0, 0.05) is 17.5 Å². The van der Waals surface area contributed by atoms with Crippen molar-refractivity contribution < 1.29 is 14.3 Å². The molecule has 0 saturated carbocycles. The number of hydrogen-bond acceptors (Lipinski definition) is 3. The van der Waals surface area contributed by atoms with Gasteiger partial charge in [-0.2, -0.15) is 0 Å². The molecule has 0 saturated heterocycles. The van der Waals surface area contributed by atoms with E-state index < -0.39 is 5.92 Å². The number of ketones is 2. The van der Waals surface area contributed by atoms with Crippen LogP contribution in [0.15, 0.2) is 54.6 Å². The molecule has 1 heterocycles. The van der Waals surface area contributed by atoms with Crippen molar-refractivity contribution in [2.24, 2.45) is 0 Å². The van der Waals surface area contributed by atoms with Gasteiger partial charge in [-0.15, -0.1) is 0 Å². The van der Waals surface area contributed by atoms with Crippen molar-refractivity contribution in [2.45, 2.75) is 12.3 Å². The number of fused-ring (bicyclic) bond motifs is 1. The highest BCUT2D eigenvalue weighted by Crippen LogP contribution is 2.34. The molecule has 0 amide bonds. The molecular weight excluding hydrogens is 252 g/mol. The number of para-hydroxylation sites is 1. The van der Waals surface area contributed by atoms with Crippen LogP contribution in [0.25, 0.3) is 0 Å². The molecular formula is C17H14O3. The van der Waals surface area contributed by atoms with Crippen molar-refractivity contribution in [3.05, 3.63) is 65.7 Å². The van der Waals surface area contributed by atoms with Crippen molar-refractivity contribution in [1.82, 2.24) is 0 Å². The standard InChI is InChI=1S/C17H14O3/c18-15(12-6-2-1-3-7-12)10-14-13-8-4-5-9-17(13)20-11-16(14)19/h1-9,14H,10-11H2. The SMILES string of the molecule is O=C(CC1C(=O)COc2ccccc21)c1ccccc1. The van der Waals surface area contributed by atoms with E-state index in [1.807, 2.05) is 42.5 Å². The van der Waals surface area contributed by atoms with E-state index in [0.717, 1.165) is 5.56 Å². The van der Waals surface area contributed by atoms with Crippen molar-refractivity contribution >= 4 is 11.6 Å². The summed E-state index contributed by atoms with van der Waals surface area (Å²) < 4.78 is 5.39. The molecule has 0 radical (unpaired) electrons. The molecule has 1 unspecified atom stereocenters. The Morgan fingerprint density at radius 3 is 2.55 bits per heavy atom. The topological polar surface area (TPSA) is 43.4 Å². The lowest BCUT2D eigenvalue weighted by Crippen LogP contribution is -2.27. The van der Waals surface area contributed by atoms with Gasteiger partial charge in [-0.3, -0.25) is 9.59 Å². The third kappa shape index (κ3) is 2.35. The molecule has 0 N–H and O–H groups in total. The quantitative estimate of drug-likeness (QED) is 0.802. The third-order valence-electron chi connectivity index (χ3n) is 3.54. The van der Waals surface area contributed by atoms with Gasteiger partial charge in [0.25, 0.3) is 0 Å². The van der Waals surface area contributed by atoms with Crippen LogP contribution in [0.4, 0.5) is 0 Å². The normalized spacial score (nSPS) is 17.2. The van der Waals surface area contributed by atoms with Crippen LogP contribution in [0, 0.1) is 0 Å². The van der Waals surface area contributed by atoms with Crippen LogP contribution in [0.5, 0.6) is 5.75 Å². The summed E-state index contributed by atoms with van der Waals surface area (Å²) in [5.74, 6) is 0.263. The Bertz CT molecular complexity index is 646. The van der Waals surface area contributed by atoms with Gasteiger partial charge in [0.1, 0.15) is 12.4 Å². The Morgan fingerprint density at radius 2 is 1.75 bits per heavy atom. The van der Waals surface area contributed by atoms with E-state index in [9.17, 15) is 9.59 Å². The van der Waals surface area contributed by atoms with Gasteiger partial charge < -0.3 is 4.74 Å². The highest BCUT2D eigenvalue weighted by Gasteiger charge is 2.30. The molecule has 0 fully saturated rings. The fourth-order valence-electron chi connectivity index (χ4n) is 2.47. The second kappa shape index (κ2) is 5.29. The number of Topliss-reactive ketones (excluding diaryl/α,β-unsaturated/α-hetero) is 2. The molecule has 0 bridgehead atoms. The Hall–Kier alpha value is -2.42. The van der Waals surface area contributed by atoms with Crippen LogP contribution in [-0.2, 0) is 4.79 Å². The molecule has 0 spiro atoms. The number of rotatable bonds is 3. The summed E-state index contributed by atoms with van der Waals surface area (Å²) in [5, 5.41) is 0. The maximum absolute atomic E-state index is 12.3. The van der Waals surface area contributed by atoms with E-state index in [1.165, 1.54) is 0 Å². The molecule has 0 aliphatic carbocycles. The van der Waals surface area contributed by atoms with Crippen LogP contribution >= 0.6 is 0 Å². The van der Waals surface area contributed by atoms with Gasteiger partial charge in [-0.1, -0.05) is 48.5 Å². The van der Waals surface area contributed by atoms with Crippen LogP contribution in [0.1, 0.15) is 28.3 Å². The predicted octanol–water partition coefficient (Wildman–Crippen LogP) is 3.00.